The third-order valence-electron chi connectivity index (χ3n) is 10.3. The number of hydrogen-bond donors (Lipinski definition) is 0. The summed E-state index contributed by atoms with van der Waals surface area (Å²) in [7, 11) is 0. The number of thiophene rings is 2. The van der Waals surface area contributed by atoms with Crippen LogP contribution in [0.3, 0.4) is 0 Å². The third kappa shape index (κ3) is 10.6. The lowest BCUT2D eigenvalue weighted by molar-refractivity contribution is 0.316. The molecule has 0 fully saturated rings. The number of hydrogen-bond acceptors (Lipinski definition) is 3. The topological polar surface area (TPSA) is 3.24 Å². The summed E-state index contributed by atoms with van der Waals surface area (Å²) in [5, 5.41) is 0. The molecule has 0 saturated carbocycles. The molecule has 0 atom stereocenters. The predicted octanol–water partition coefficient (Wildman–Crippen LogP) is 15.4. The van der Waals surface area contributed by atoms with E-state index in [2.05, 4.69) is 88.2 Å². The number of fused-ring (bicyclic) bond motifs is 3. The third-order valence-corrected chi connectivity index (χ3v) is 13.4. The maximum Gasteiger partial charge on any atom is 0.0683 e. The highest BCUT2D eigenvalue weighted by Gasteiger charge is 2.45. The highest BCUT2D eigenvalue weighted by Crippen LogP contribution is 2.58. The van der Waals surface area contributed by atoms with Gasteiger partial charge in [0, 0.05) is 16.3 Å². The van der Waals surface area contributed by atoms with Gasteiger partial charge >= 0.3 is 0 Å². The summed E-state index contributed by atoms with van der Waals surface area (Å²) in [6, 6.07) is 5.27. The van der Waals surface area contributed by atoms with E-state index in [1.807, 2.05) is 0 Å². The minimum atomic E-state index is 0.163. The molecule has 3 rings (SSSR count). The van der Waals surface area contributed by atoms with Crippen molar-refractivity contribution in [2.24, 2.45) is 0 Å². The van der Waals surface area contributed by atoms with Crippen LogP contribution in [0.25, 0.3) is 9.75 Å². The second-order valence-corrected chi connectivity index (χ2v) is 16.9. The van der Waals surface area contributed by atoms with E-state index in [1.165, 1.54) is 141 Å². The molecule has 44 heavy (non-hydrogen) atoms. The van der Waals surface area contributed by atoms with Gasteiger partial charge in [-0.05, 0) is 49.3 Å². The minimum absolute atomic E-state index is 0.163. The molecule has 3 heterocycles. The number of unbranched alkanes of at least 4 members (excludes halogenated alkanes) is 18. The Kier molecular flexibility index (Phi) is 17.5. The Hall–Kier alpha value is -0.800. The van der Waals surface area contributed by atoms with Gasteiger partial charge in [-0.15, -0.1) is 22.7 Å². The van der Waals surface area contributed by atoms with E-state index in [1.54, 1.807) is 30.8 Å². The molecular formula is C41H71NS2. The fraction of sp³-hybridized carbons (Fsp3) is 0.805. The lowest BCUT2D eigenvalue weighted by Crippen LogP contribution is -2.48. The average Bonchev–Trinajstić information content (AvgIpc) is 3.65. The summed E-state index contributed by atoms with van der Waals surface area (Å²) >= 11 is 4.21. The maximum atomic E-state index is 2.91. The van der Waals surface area contributed by atoms with E-state index in [-0.39, 0.29) is 5.54 Å². The van der Waals surface area contributed by atoms with E-state index in [4.69, 9.17) is 0 Å². The van der Waals surface area contributed by atoms with E-state index < -0.39 is 0 Å². The van der Waals surface area contributed by atoms with Crippen LogP contribution in [-0.4, -0.2) is 6.54 Å². The van der Waals surface area contributed by atoms with Crippen molar-refractivity contribution < 1.29 is 0 Å². The van der Waals surface area contributed by atoms with Crippen LogP contribution in [0.4, 0.5) is 5.69 Å². The van der Waals surface area contributed by atoms with Gasteiger partial charge in [0.15, 0.2) is 0 Å². The second kappa shape index (κ2) is 20.4. The molecule has 0 aromatic carbocycles. The van der Waals surface area contributed by atoms with Crippen molar-refractivity contribution in [3.05, 3.63) is 27.5 Å². The molecule has 2 aromatic heterocycles. The van der Waals surface area contributed by atoms with Gasteiger partial charge < -0.3 is 4.90 Å². The van der Waals surface area contributed by atoms with Gasteiger partial charge in [-0.3, -0.25) is 0 Å². The van der Waals surface area contributed by atoms with Crippen LogP contribution in [0.1, 0.15) is 217 Å². The SMILES string of the molecule is CCCCCCCCCCCCC1(CCCCCCCCCCCC)c2cc(C(C)C)sc2-c2sc(C(C)C)cc2N1CC. The molecule has 0 amide bonds. The van der Waals surface area contributed by atoms with Gasteiger partial charge in [0.2, 0.25) is 0 Å². The number of anilines is 1. The first-order valence-electron chi connectivity index (χ1n) is 19.4. The summed E-state index contributed by atoms with van der Waals surface area (Å²) in [6.07, 6.45) is 31.0. The normalized spacial score (nSPS) is 14.2. The summed E-state index contributed by atoms with van der Waals surface area (Å²) in [6.45, 7) is 17.7. The molecule has 2 aromatic rings. The smallest absolute Gasteiger partial charge is 0.0683 e. The number of nitrogens with zero attached hydrogens (tertiary/aromatic N) is 1. The Bertz CT molecular complexity index is 1000. The number of rotatable bonds is 25. The first kappa shape index (κ1) is 37.7. The van der Waals surface area contributed by atoms with Gasteiger partial charge in [-0.2, -0.15) is 0 Å². The largest absolute Gasteiger partial charge is 0.361 e. The fourth-order valence-corrected chi connectivity index (χ4v) is 10.2. The van der Waals surface area contributed by atoms with Crippen LogP contribution in [0.15, 0.2) is 12.1 Å². The lowest BCUT2D eigenvalue weighted by atomic mass is 9.76. The summed E-state index contributed by atoms with van der Waals surface area (Å²) in [4.78, 5) is 9.26. The molecule has 0 spiro atoms. The summed E-state index contributed by atoms with van der Waals surface area (Å²) in [5.74, 6) is 1.19. The van der Waals surface area contributed by atoms with Gasteiger partial charge in [0.1, 0.15) is 0 Å². The first-order valence-corrected chi connectivity index (χ1v) is 21.1. The molecule has 0 unspecified atom stereocenters. The average molecular weight is 642 g/mol. The van der Waals surface area contributed by atoms with Crippen molar-refractivity contribution in [1.29, 1.82) is 0 Å². The molecule has 1 aliphatic rings. The highest BCUT2D eigenvalue weighted by molar-refractivity contribution is 7.23. The van der Waals surface area contributed by atoms with Gasteiger partial charge in [-0.1, -0.05) is 170 Å². The van der Waals surface area contributed by atoms with Crippen molar-refractivity contribution >= 4 is 28.4 Å². The van der Waals surface area contributed by atoms with Crippen LogP contribution in [0.5, 0.6) is 0 Å². The zero-order chi connectivity index (χ0) is 31.8. The maximum absolute atomic E-state index is 2.91. The second-order valence-electron chi connectivity index (χ2n) is 14.7. The van der Waals surface area contributed by atoms with Gasteiger partial charge in [0.25, 0.3) is 0 Å². The molecule has 3 heteroatoms. The molecule has 0 N–H and O–H groups in total. The van der Waals surface area contributed by atoms with Crippen LogP contribution in [0, 0.1) is 0 Å². The minimum Gasteiger partial charge on any atom is -0.361 e. The lowest BCUT2D eigenvalue weighted by Gasteiger charge is -2.49. The van der Waals surface area contributed by atoms with Crippen LogP contribution < -0.4 is 4.90 Å². The van der Waals surface area contributed by atoms with Crippen molar-refractivity contribution in [2.75, 3.05) is 11.4 Å². The Morgan fingerprint density at radius 1 is 0.523 bits per heavy atom. The van der Waals surface area contributed by atoms with Gasteiger partial charge in [-0.25, -0.2) is 0 Å². The molecule has 0 aliphatic carbocycles. The standard InChI is InChI=1S/C41H71NS2/c1-8-11-13-15-17-19-21-23-25-27-29-41(30-28-26-24-22-20-18-16-14-12-9-2)35-31-37(33(4)5)43-39(35)40-36(42(41)10-3)32-38(44-40)34(6)7/h31-34H,8-30H2,1-7H3. The van der Waals surface area contributed by atoms with E-state index >= 15 is 0 Å². The molecule has 252 valence electrons. The van der Waals surface area contributed by atoms with Crippen molar-refractivity contribution in [2.45, 2.75) is 207 Å². The molecular weight excluding hydrogens is 571 g/mol. The Labute approximate surface area is 283 Å². The van der Waals surface area contributed by atoms with Crippen LogP contribution in [-0.2, 0) is 5.54 Å². The zero-order valence-electron chi connectivity index (χ0n) is 30.3. The Balaban J connectivity index is 1.74. The highest BCUT2D eigenvalue weighted by atomic mass is 32.1. The summed E-state index contributed by atoms with van der Waals surface area (Å²) < 4.78 is 0. The first-order chi connectivity index (χ1) is 21.4. The zero-order valence-corrected chi connectivity index (χ0v) is 32.0. The van der Waals surface area contributed by atoms with Crippen molar-refractivity contribution in [1.82, 2.24) is 0 Å². The van der Waals surface area contributed by atoms with Crippen LogP contribution in [0.2, 0.25) is 0 Å². The van der Waals surface area contributed by atoms with Gasteiger partial charge in [0.05, 0.1) is 21.0 Å². The Morgan fingerprint density at radius 2 is 0.909 bits per heavy atom. The van der Waals surface area contributed by atoms with E-state index in [0.29, 0.717) is 11.8 Å². The summed E-state index contributed by atoms with van der Waals surface area (Å²) in [5.41, 5.74) is 3.42. The molecule has 1 aliphatic heterocycles. The molecule has 1 nitrogen and oxygen atoms in total. The quantitative estimate of drug-likeness (QED) is 0.0975. The molecule has 0 radical (unpaired) electrons. The monoisotopic (exact) mass is 642 g/mol. The molecule has 0 bridgehead atoms. The van der Waals surface area contributed by atoms with E-state index in [9.17, 15) is 0 Å². The molecule has 0 saturated heterocycles. The predicted molar refractivity (Wildman–Crippen MR) is 203 cm³/mol. The van der Waals surface area contributed by atoms with Crippen molar-refractivity contribution in [3.63, 3.8) is 0 Å². The van der Waals surface area contributed by atoms with E-state index in [0.717, 1.165) is 6.54 Å². The fourth-order valence-electron chi connectivity index (χ4n) is 7.58. The van der Waals surface area contributed by atoms with Crippen LogP contribution >= 0.6 is 22.7 Å². The van der Waals surface area contributed by atoms with Crippen molar-refractivity contribution in [3.8, 4) is 9.75 Å². The Morgan fingerprint density at radius 3 is 1.32 bits per heavy atom.